The minimum Gasteiger partial charge on any atom is -0.468 e. The number of nitrogens with zero attached hydrogens (tertiary/aromatic N) is 1. The van der Waals surface area contributed by atoms with Crippen LogP contribution in [-0.2, 0) is 9.53 Å². The maximum absolute atomic E-state index is 11.8. The second-order valence-electron chi connectivity index (χ2n) is 4.68. The molecular formula is C15H21NO2. The van der Waals surface area contributed by atoms with Gasteiger partial charge < -0.3 is 4.74 Å². The topological polar surface area (TPSA) is 29.5 Å². The van der Waals surface area contributed by atoms with Crippen LogP contribution in [0.4, 0.5) is 0 Å². The summed E-state index contributed by atoms with van der Waals surface area (Å²) in [6.07, 6.45) is 4.64. The molecule has 0 fully saturated rings. The molecule has 0 radical (unpaired) electrons. The van der Waals surface area contributed by atoms with Crippen molar-refractivity contribution in [3.8, 4) is 0 Å². The van der Waals surface area contributed by atoms with Crippen molar-refractivity contribution in [2.75, 3.05) is 21.2 Å². The molecule has 3 heteroatoms. The SMILES string of the molecule is COC(=O)C(C)(C/C=C/c1ccccc1)N(C)C. The third-order valence-electron chi connectivity index (χ3n) is 3.24. The Kier molecular flexibility index (Phi) is 5.10. The summed E-state index contributed by atoms with van der Waals surface area (Å²) >= 11 is 0. The molecule has 0 heterocycles. The monoisotopic (exact) mass is 247 g/mol. The Bertz CT molecular complexity index is 412. The molecule has 0 aliphatic heterocycles. The summed E-state index contributed by atoms with van der Waals surface area (Å²) in [5, 5.41) is 0. The van der Waals surface area contributed by atoms with Gasteiger partial charge in [0, 0.05) is 0 Å². The normalized spacial score (nSPS) is 14.7. The minimum atomic E-state index is -0.625. The third-order valence-corrected chi connectivity index (χ3v) is 3.24. The van der Waals surface area contributed by atoms with Crippen molar-refractivity contribution in [2.24, 2.45) is 0 Å². The first-order valence-electron chi connectivity index (χ1n) is 5.98. The summed E-state index contributed by atoms with van der Waals surface area (Å²) in [5.41, 5.74) is 0.503. The van der Waals surface area contributed by atoms with E-state index in [9.17, 15) is 4.79 Å². The number of benzene rings is 1. The lowest BCUT2D eigenvalue weighted by molar-refractivity contribution is -0.152. The van der Waals surface area contributed by atoms with Gasteiger partial charge in [0.15, 0.2) is 0 Å². The van der Waals surface area contributed by atoms with Crippen molar-refractivity contribution in [1.82, 2.24) is 4.90 Å². The first kappa shape index (κ1) is 14.5. The Balaban J connectivity index is 2.75. The van der Waals surface area contributed by atoms with Crippen LogP contribution in [0, 0.1) is 0 Å². The highest BCUT2D eigenvalue weighted by Crippen LogP contribution is 2.19. The van der Waals surface area contributed by atoms with Crippen LogP contribution in [0.15, 0.2) is 36.4 Å². The number of carbonyl (C=O) groups is 1. The quantitative estimate of drug-likeness (QED) is 0.749. The van der Waals surface area contributed by atoms with E-state index in [4.69, 9.17) is 4.74 Å². The molecule has 1 rings (SSSR count). The van der Waals surface area contributed by atoms with E-state index < -0.39 is 5.54 Å². The van der Waals surface area contributed by atoms with Crippen LogP contribution in [-0.4, -0.2) is 37.6 Å². The van der Waals surface area contributed by atoms with Gasteiger partial charge in [-0.2, -0.15) is 0 Å². The number of hydrogen-bond donors (Lipinski definition) is 0. The van der Waals surface area contributed by atoms with Crippen LogP contribution in [0.25, 0.3) is 6.08 Å². The fourth-order valence-corrected chi connectivity index (χ4v) is 1.66. The molecule has 0 spiro atoms. The molecule has 1 aromatic carbocycles. The summed E-state index contributed by atoms with van der Waals surface area (Å²) in [5.74, 6) is -0.217. The zero-order valence-electron chi connectivity index (χ0n) is 11.5. The average Bonchev–Trinajstić information content (AvgIpc) is 2.38. The van der Waals surface area contributed by atoms with E-state index in [0.717, 1.165) is 5.56 Å². The highest BCUT2D eigenvalue weighted by atomic mass is 16.5. The number of esters is 1. The highest BCUT2D eigenvalue weighted by Gasteiger charge is 2.35. The van der Waals surface area contributed by atoms with Crippen molar-refractivity contribution in [2.45, 2.75) is 18.9 Å². The van der Waals surface area contributed by atoms with Gasteiger partial charge in [-0.1, -0.05) is 42.5 Å². The van der Waals surface area contributed by atoms with Crippen molar-refractivity contribution in [1.29, 1.82) is 0 Å². The first-order chi connectivity index (χ1) is 8.50. The predicted octanol–water partition coefficient (Wildman–Crippen LogP) is 2.58. The molecule has 1 aromatic rings. The molecule has 0 aliphatic rings. The average molecular weight is 247 g/mol. The Morgan fingerprint density at radius 3 is 2.44 bits per heavy atom. The Morgan fingerprint density at radius 1 is 1.33 bits per heavy atom. The fraction of sp³-hybridized carbons (Fsp3) is 0.400. The van der Waals surface area contributed by atoms with Gasteiger partial charge in [0.25, 0.3) is 0 Å². The Hall–Kier alpha value is -1.61. The van der Waals surface area contributed by atoms with Gasteiger partial charge in [0.1, 0.15) is 5.54 Å². The number of methoxy groups -OCH3 is 1. The van der Waals surface area contributed by atoms with E-state index in [0.29, 0.717) is 6.42 Å². The molecule has 0 amide bonds. The molecule has 1 atom stereocenters. The largest absolute Gasteiger partial charge is 0.468 e. The molecule has 0 N–H and O–H groups in total. The van der Waals surface area contributed by atoms with Crippen LogP contribution in [0.1, 0.15) is 18.9 Å². The van der Waals surface area contributed by atoms with Gasteiger partial charge in [0.05, 0.1) is 7.11 Å². The number of likely N-dealkylation sites (N-methyl/N-ethyl adjacent to an activating group) is 1. The van der Waals surface area contributed by atoms with Gasteiger partial charge >= 0.3 is 5.97 Å². The van der Waals surface area contributed by atoms with Gasteiger partial charge in [-0.15, -0.1) is 0 Å². The Labute approximate surface area is 109 Å². The molecule has 98 valence electrons. The summed E-state index contributed by atoms with van der Waals surface area (Å²) in [4.78, 5) is 13.7. The van der Waals surface area contributed by atoms with Crippen molar-refractivity contribution >= 4 is 12.0 Å². The third kappa shape index (κ3) is 3.44. The zero-order valence-corrected chi connectivity index (χ0v) is 11.5. The zero-order chi connectivity index (χ0) is 13.6. The van der Waals surface area contributed by atoms with E-state index in [1.807, 2.05) is 68.4 Å². The molecule has 3 nitrogen and oxygen atoms in total. The predicted molar refractivity (Wildman–Crippen MR) is 74.2 cm³/mol. The van der Waals surface area contributed by atoms with Crippen LogP contribution >= 0.6 is 0 Å². The van der Waals surface area contributed by atoms with Gasteiger partial charge in [-0.05, 0) is 33.0 Å². The minimum absolute atomic E-state index is 0.217. The van der Waals surface area contributed by atoms with Crippen LogP contribution in [0.5, 0.6) is 0 Å². The van der Waals surface area contributed by atoms with Crippen molar-refractivity contribution in [3.63, 3.8) is 0 Å². The van der Waals surface area contributed by atoms with E-state index in [1.165, 1.54) is 7.11 Å². The second kappa shape index (κ2) is 6.36. The van der Waals surface area contributed by atoms with E-state index in [2.05, 4.69) is 0 Å². The number of carbonyl (C=O) groups excluding carboxylic acids is 1. The van der Waals surface area contributed by atoms with Gasteiger partial charge in [-0.3, -0.25) is 9.69 Å². The molecule has 0 saturated carbocycles. The smallest absolute Gasteiger partial charge is 0.326 e. The summed E-state index contributed by atoms with van der Waals surface area (Å²) in [6, 6.07) is 10.0. The van der Waals surface area contributed by atoms with Gasteiger partial charge in [-0.25, -0.2) is 0 Å². The first-order valence-corrected chi connectivity index (χ1v) is 5.98. The Morgan fingerprint density at radius 2 is 1.94 bits per heavy atom. The lowest BCUT2D eigenvalue weighted by Crippen LogP contribution is -2.48. The summed E-state index contributed by atoms with van der Waals surface area (Å²) in [7, 11) is 5.19. The standard InChI is InChI=1S/C15H21NO2/c1-15(16(2)3,14(17)18-4)12-8-11-13-9-6-5-7-10-13/h5-11H,12H2,1-4H3/b11-8+. The lowest BCUT2D eigenvalue weighted by atomic mass is 9.96. The van der Waals surface area contributed by atoms with E-state index in [-0.39, 0.29) is 5.97 Å². The summed E-state index contributed by atoms with van der Waals surface area (Å²) in [6.45, 7) is 1.88. The fourth-order valence-electron chi connectivity index (χ4n) is 1.66. The second-order valence-corrected chi connectivity index (χ2v) is 4.68. The van der Waals surface area contributed by atoms with Crippen LogP contribution in [0.3, 0.4) is 0 Å². The van der Waals surface area contributed by atoms with Crippen molar-refractivity contribution in [3.05, 3.63) is 42.0 Å². The molecular weight excluding hydrogens is 226 g/mol. The highest BCUT2D eigenvalue weighted by molar-refractivity contribution is 5.80. The molecule has 1 unspecified atom stereocenters. The van der Waals surface area contributed by atoms with E-state index in [1.54, 1.807) is 0 Å². The molecule has 0 aliphatic carbocycles. The molecule has 0 bridgehead atoms. The number of ether oxygens (including phenoxy) is 1. The van der Waals surface area contributed by atoms with Crippen LogP contribution < -0.4 is 0 Å². The number of rotatable bonds is 5. The van der Waals surface area contributed by atoms with Crippen LogP contribution in [0.2, 0.25) is 0 Å². The molecule has 0 aromatic heterocycles. The maximum Gasteiger partial charge on any atom is 0.326 e. The number of hydrogen-bond acceptors (Lipinski definition) is 3. The maximum atomic E-state index is 11.8. The molecule has 18 heavy (non-hydrogen) atoms. The summed E-state index contributed by atoms with van der Waals surface area (Å²) < 4.78 is 4.86. The van der Waals surface area contributed by atoms with E-state index >= 15 is 0 Å². The molecule has 0 saturated heterocycles. The van der Waals surface area contributed by atoms with Crippen molar-refractivity contribution < 1.29 is 9.53 Å². The van der Waals surface area contributed by atoms with Gasteiger partial charge in [0.2, 0.25) is 0 Å². The lowest BCUT2D eigenvalue weighted by Gasteiger charge is -2.32.